The van der Waals surface area contributed by atoms with Crippen LogP contribution in [0.15, 0.2) is 25.3 Å². The Morgan fingerprint density at radius 1 is 1.12 bits per heavy atom. The lowest BCUT2D eigenvalue weighted by Gasteiger charge is -2.28. The molecule has 0 saturated carbocycles. The average molecular weight is 238 g/mol. The maximum Gasteiger partial charge on any atom is 0.0132 e. The third-order valence-corrected chi connectivity index (χ3v) is 2.95. The molecular formula is C15H30N2. The minimum Gasteiger partial charge on any atom is -0.313 e. The first-order chi connectivity index (χ1) is 8.02. The molecule has 0 aliphatic heterocycles. The van der Waals surface area contributed by atoms with Gasteiger partial charge in [0, 0.05) is 13.1 Å². The van der Waals surface area contributed by atoms with E-state index in [4.69, 9.17) is 0 Å². The average Bonchev–Trinajstić information content (AvgIpc) is 2.24. The van der Waals surface area contributed by atoms with Crippen molar-refractivity contribution in [3.63, 3.8) is 0 Å². The van der Waals surface area contributed by atoms with E-state index in [0.29, 0.717) is 11.3 Å². The normalized spacial score (nSPS) is 13.4. The highest BCUT2D eigenvalue weighted by atomic mass is 14.9. The van der Waals surface area contributed by atoms with Crippen molar-refractivity contribution in [2.45, 2.75) is 33.6 Å². The lowest BCUT2D eigenvalue weighted by molar-refractivity contribution is 0.252. The summed E-state index contributed by atoms with van der Waals surface area (Å²) < 4.78 is 0. The van der Waals surface area contributed by atoms with Crippen LogP contribution in [0.25, 0.3) is 0 Å². The van der Waals surface area contributed by atoms with Crippen LogP contribution in [0.3, 0.4) is 0 Å². The molecule has 1 unspecified atom stereocenters. The van der Waals surface area contributed by atoms with E-state index in [-0.39, 0.29) is 0 Å². The van der Waals surface area contributed by atoms with Crippen LogP contribution >= 0.6 is 0 Å². The molecule has 2 N–H and O–H groups in total. The van der Waals surface area contributed by atoms with Crippen LogP contribution in [-0.4, -0.2) is 26.2 Å². The molecule has 0 rings (SSSR count). The van der Waals surface area contributed by atoms with Gasteiger partial charge in [0.15, 0.2) is 0 Å². The smallest absolute Gasteiger partial charge is 0.0132 e. The Kier molecular flexibility index (Phi) is 9.10. The first kappa shape index (κ1) is 16.4. The third-order valence-electron chi connectivity index (χ3n) is 2.95. The largest absolute Gasteiger partial charge is 0.313 e. The van der Waals surface area contributed by atoms with Crippen molar-refractivity contribution in [3.8, 4) is 0 Å². The Labute approximate surface area is 108 Å². The van der Waals surface area contributed by atoms with Gasteiger partial charge in [-0.15, -0.1) is 13.2 Å². The first-order valence-corrected chi connectivity index (χ1v) is 6.65. The number of rotatable bonds is 11. The van der Waals surface area contributed by atoms with E-state index in [2.05, 4.69) is 44.6 Å². The SMILES string of the molecule is C=CCNCCC(C)(C)CC(C)CNCC=C. The first-order valence-electron chi connectivity index (χ1n) is 6.65. The van der Waals surface area contributed by atoms with Crippen LogP contribution in [0.5, 0.6) is 0 Å². The van der Waals surface area contributed by atoms with Crippen molar-refractivity contribution in [1.29, 1.82) is 0 Å². The Hall–Kier alpha value is -0.600. The number of hydrogen-bond donors (Lipinski definition) is 2. The van der Waals surface area contributed by atoms with Crippen molar-refractivity contribution in [2.24, 2.45) is 11.3 Å². The van der Waals surface area contributed by atoms with Crippen LogP contribution in [0.2, 0.25) is 0 Å². The van der Waals surface area contributed by atoms with Crippen LogP contribution in [-0.2, 0) is 0 Å². The Morgan fingerprint density at radius 2 is 1.71 bits per heavy atom. The predicted octanol–water partition coefficient (Wildman–Crippen LogP) is 2.98. The highest BCUT2D eigenvalue weighted by Gasteiger charge is 2.20. The highest BCUT2D eigenvalue weighted by molar-refractivity contribution is 4.77. The quantitative estimate of drug-likeness (QED) is 0.427. The molecule has 0 saturated heterocycles. The zero-order chi connectivity index (χ0) is 13.1. The molecular weight excluding hydrogens is 208 g/mol. The zero-order valence-electron chi connectivity index (χ0n) is 11.9. The molecule has 2 nitrogen and oxygen atoms in total. The van der Waals surface area contributed by atoms with E-state index < -0.39 is 0 Å². The molecule has 0 aromatic rings. The Balaban J connectivity index is 3.72. The summed E-state index contributed by atoms with van der Waals surface area (Å²) in [5.74, 6) is 0.712. The second-order valence-electron chi connectivity index (χ2n) is 5.66. The van der Waals surface area contributed by atoms with Crippen molar-refractivity contribution >= 4 is 0 Å². The van der Waals surface area contributed by atoms with Crippen LogP contribution in [0, 0.1) is 11.3 Å². The summed E-state index contributed by atoms with van der Waals surface area (Å²) in [6.45, 7) is 18.4. The molecule has 1 atom stereocenters. The van der Waals surface area contributed by atoms with E-state index in [1.54, 1.807) is 0 Å². The van der Waals surface area contributed by atoms with Crippen molar-refractivity contribution in [3.05, 3.63) is 25.3 Å². The van der Waals surface area contributed by atoms with Crippen molar-refractivity contribution in [2.75, 3.05) is 26.2 Å². The lowest BCUT2D eigenvalue weighted by Crippen LogP contribution is -2.28. The Bertz CT molecular complexity index is 209. The Morgan fingerprint density at radius 3 is 2.29 bits per heavy atom. The van der Waals surface area contributed by atoms with Gasteiger partial charge in [-0.05, 0) is 37.3 Å². The molecule has 17 heavy (non-hydrogen) atoms. The third kappa shape index (κ3) is 10.3. The van der Waals surface area contributed by atoms with Gasteiger partial charge in [-0.3, -0.25) is 0 Å². The van der Waals surface area contributed by atoms with Gasteiger partial charge >= 0.3 is 0 Å². The minimum absolute atomic E-state index is 0.406. The van der Waals surface area contributed by atoms with Gasteiger partial charge in [0.05, 0.1) is 0 Å². The second kappa shape index (κ2) is 9.43. The molecule has 0 spiro atoms. The van der Waals surface area contributed by atoms with Crippen LogP contribution < -0.4 is 10.6 Å². The van der Waals surface area contributed by atoms with Crippen LogP contribution in [0.4, 0.5) is 0 Å². The fourth-order valence-electron chi connectivity index (χ4n) is 2.18. The highest BCUT2D eigenvalue weighted by Crippen LogP contribution is 2.28. The summed E-state index contributed by atoms with van der Waals surface area (Å²) >= 11 is 0. The molecule has 0 bridgehead atoms. The lowest BCUT2D eigenvalue weighted by atomic mass is 9.80. The van der Waals surface area contributed by atoms with E-state index in [1.165, 1.54) is 12.8 Å². The van der Waals surface area contributed by atoms with Gasteiger partial charge in [0.2, 0.25) is 0 Å². The maximum atomic E-state index is 3.71. The molecule has 2 heteroatoms. The zero-order valence-corrected chi connectivity index (χ0v) is 11.9. The minimum atomic E-state index is 0.406. The molecule has 0 fully saturated rings. The van der Waals surface area contributed by atoms with E-state index >= 15 is 0 Å². The fraction of sp³-hybridized carbons (Fsp3) is 0.733. The van der Waals surface area contributed by atoms with Gasteiger partial charge in [0.25, 0.3) is 0 Å². The van der Waals surface area contributed by atoms with Gasteiger partial charge in [-0.2, -0.15) is 0 Å². The molecule has 0 aromatic heterocycles. The molecule has 0 aromatic carbocycles. The number of nitrogens with one attached hydrogen (secondary N) is 2. The van der Waals surface area contributed by atoms with Crippen molar-refractivity contribution in [1.82, 2.24) is 10.6 Å². The summed E-state index contributed by atoms with van der Waals surface area (Å²) in [7, 11) is 0. The summed E-state index contributed by atoms with van der Waals surface area (Å²) in [4.78, 5) is 0. The summed E-state index contributed by atoms with van der Waals surface area (Å²) in [6, 6.07) is 0. The van der Waals surface area contributed by atoms with Gasteiger partial charge in [-0.1, -0.05) is 32.9 Å². The molecule has 0 aliphatic rings. The van der Waals surface area contributed by atoms with Gasteiger partial charge < -0.3 is 10.6 Å². The predicted molar refractivity (Wildman–Crippen MR) is 78.3 cm³/mol. The fourth-order valence-corrected chi connectivity index (χ4v) is 2.18. The van der Waals surface area contributed by atoms with Gasteiger partial charge in [-0.25, -0.2) is 0 Å². The monoisotopic (exact) mass is 238 g/mol. The molecule has 0 heterocycles. The van der Waals surface area contributed by atoms with Gasteiger partial charge in [0.1, 0.15) is 0 Å². The van der Waals surface area contributed by atoms with Crippen LogP contribution in [0.1, 0.15) is 33.6 Å². The standard InChI is InChI=1S/C15H30N2/c1-6-9-16-11-8-15(4,5)12-14(3)13-17-10-7-2/h6-7,14,16-17H,1-2,8-13H2,3-5H3. The maximum absolute atomic E-state index is 3.71. The molecule has 0 radical (unpaired) electrons. The summed E-state index contributed by atoms with van der Waals surface area (Å²) in [5, 5.41) is 6.76. The van der Waals surface area contributed by atoms with E-state index in [0.717, 1.165) is 26.2 Å². The number of hydrogen-bond acceptors (Lipinski definition) is 2. The van der Waals surface area contributed by atoms with E-state index in [1.807, 2.05) is 12.2 Å². The van der Waals surface area contributed by atoms with E-state index in [9.17, 15) is 0 Å². The molecule has 100 valence electrons. The molecule has 0 aliphatic carbocycles. The topological polar surface area (TPSA) is 24.1 Å². The second-order valence-corrected chi connectivity index (χ2v) is 5.66. The van der Waals surface area contributed by atoms with Crippen molar-refractivity contribution < 1.29 is 0 Å². The molecule has 0 amide bonds. The summed E-state index contributed by atoms with van der Waals surface area (Å²) in [6.07, 6.45) is 6.30. The summed E-state index contributed by atoms with van der Waals surface area (Å²) in [5.41, 5.74) is 0.406.